The Bertz CT molecular complexity index is 1030. The fourth-order valence-corrected chi connectivity index (χ4v) is 2.87. The van der Waals surface area contributed by atoms with Crippen LogP contribution in [0.15, 0.2) is 47.6 Å². The Morgan fingerprint density at radius 2 is 1.81 bits per heavy atom. The third-order valence-corrected chi connectivity index (χ3v) is 4.99. The molecule has 9 nitrogen and oxygen atoms in total. The van der Waals surface area contributed by atoms with E-state index in [1.54, 1.807) is 49.4 Å². The number of urea groups is 1. The van der Waals surface area contributed by atoms with Crippen LogP contribution >= 0.6 is 0 Å². The Morgan fingerprint density at radius 3 is 2.39 bits per heavy atom. The first-order chi connectivity index (χ1) is 14.8. The number of carbonyl (C=O) groups is 3. The third kappa shape index (κ3) is 4.50. The van der Waals surface area contributed by atoms with E-state index in [0.29, 0.717) is 29.0 Å². The Morgan fingerprint density at radius 1 is 1.10 bits per heavy atom. The van der Waals surface area contributed by atoms with Crippen LogP contribution < -0.4 is 19.5 Å². The molecule has 3 rings (SSSR count). The number of esters is 1. The third-order valence-electron chi connectivity index (χ3n) is 4.99. The lowest BCUT2D eigenvalue weighted by Gasteiger charge is -2.17. The maximum atomic E-state index is 12.4. The molecule has 1 aliphatic rings. The van der Waals surface area contributed by atoms with Crippen LogP contribution in [0.2, 0.25) is 0 Å². The molecule has 2 aromatic carbocycles. The maximum Gasteiger partial charge on any atom is 0.346 e. The van der Waals surface area contributed by atoms with Crippen molar-refractivity contribution in [2.24, 2.45) is 5.10 Å². The van der Waals surface area contributed by atoms with Crippen molar-refractivity contribution in [3.8, 4) is 17.2 Å². The van der Waals surface area contributed by atoms with E-state index in [4.69, 9.17) is 14.2 Å². The maximum absolute atomic E-state index is 12.4. The number of carbonyl (C=O) groups excluding carboxylic acids is 3. The quantitative estimate of drug-likeness (QED) is 0.316. The highest BCUT2D eigenvalue weighted by Crippen LogP contribution is 2.29. The zero-order chi connectivity index (χ0) is 22.6. The van der Waals surface area contributed by atoms with Gasteiger partial charge in [0.05, 0.1) is 26.0 Å². The van der Waals surface area contributed by atoms with Crippen LogP contribution in [0.1, 0.15) is 36.2 Å². The molecule has 162 valence electrons. The van der Waals surface area contributed by atoms with Crippen LogP contribution in [0.5, 0.6) is 17.2 Å². The minimum absolute atomic E-state index is 0.217. The largest absolute Gasteiger partial charge is 0.497 e. The van der Waals surface area contributed by atoms with Gasteiger partial charge >= 0.3 is 12.0 Å². The predicted molar refractivity (Wildman–Crippen MR) is 113 cm³/mol. The number of ether oxygens (including phenoxy) is 3. The highest BCUT2D eigenvalue weighted by atomic mass is 16.6. The summed E-state index contributed by atoms with van der Waals surface area (Å²) >= 11 is 0. The second-order valence-electron chi connectivity index (χ2n) is 7.01. The van der Waals surface area contributed by atoms with Gasteiger partial charge in [0.25, 0.3) is 5.91 Å². The molecule has 1 fully saturated rings. The Balaban J connectivity index is 1.75. The molecule has 0 bridgehead atoms. The molecular weight excluding hydrogens is 402 g/mol. The number of nitrogens with zero attached hydrogens (tertiary/aromatic N) is 2. The number of methoxy groups -OCH3 is 2. The van der Waals surface area contributed by atoms with Gasteiger partial charge in [-0.1, -0.05) is 6.92 Å². The first-order valence-corrected chi connectivity index (χ1v) is 9.56. The van der Waals surface area contributed by atoms with Crippen LogP contribution in [0.4, 0.5) is 4.79 Å². The van der Waals surface area contributed by atoms with Crippen molar-refractivity contribution in [1.29, 1.82) is 0 Å². The van der Waals surface area contributed by atoms with Crippen LogP contribution in [0, 0.1) is 0 Å². The Labute approximate surface area is 179 Å². The molecule has 1 atom stereocenters. The van der Waals surface area contributed by atoms with Crippen molar-refractivity contribution in [2.75, 3.05) is 14.2 Å². The summed E-state index contributed by atoms with van der Waals surface area (Å²) < 4.78 is 15.8. The first kappa shape index (κ1) is 21.8. The molecule has 31 heavy (non-hydrogen) atoms. The molecule has 0 saturated carbocycles. The monoisotopic (exact) mass is 425 g/mol. The number of imide groups is 1. The molecule has 0 spiro atoms. The normalized spacial score (nSPS) is 18.3. The average Bonchev–Trinajstić information content (AvgIpc) is 3.01. The lowest BCUT2D eigenvalue weighted by Crippen LogP contribution is -2.42. The molecular formula is C22H23N3O6. The second kappa shape index (κ2) is 8.86. The second-order valence-corrected chi connectivity index (χ2v) is 7.01. The van der Waals surface area contributed by atoms with Gasteiger partial charge in [0.15, 0.2) is 11.5 Å². The zero-order valence-corrected chi connectivity index (χ0v) is 17.7. The number of hydrogen-bond acceptors (Lipinski definition) is 7. The van der Waals surface area contributed by atoms with Gasteiger partial charge in [0, 0.05) is 0 Å². The average molecular weight is 425 g/mol. The summed E-state index contributed by atoms with van der Waals surface area (Å²) in [5.41, 5.74) is -0.0659. The number of hydrazone groups is 1. The van der Waals surface area contributed by atoms with Crippen LogP contribution in [0.3, 0.4) is 0 Å². The summed E-state index contributed by atoms with van der Waals surface area (Å²) in [5, 5.41) is 7.43. The smallest absolute Gasteiger partial charge is 0.346 e. The highest BCUT2D eigenvalue weighted by Gasteiger charge is 2.46. The van der Waals surface area contributed by atoms with E-state index in [1.807, 2.05) is 6.92 Å². The molecule has 1 unspecified atom stereocenters. The molecule has 1 heterocycles. The van der Waals surface area contributed by atoms with E-state index in [-0.39, 0.29) is 5.75 Å². The van der Waals surface area contributed by atoms with E-state index in [0.717, 1.165) is 5.01 Å². The van der Waals surface area contributed by atoms with Gasteiger partial charge in [-0.2, -0.15) is 5.10 Å². The Kier molecular flexibility index (Phi) is 6.24. The lowest BCUT2D eigenvalue weighted by molar-refractivity contribution is -0.130. The topological polar surface area (TPSA) is 107 Å². The fourth-order valence-electron chi connectivity index (χ4n) is 2.87. The van der Waals surface area contributed by atoms with E-state index in [2.05, 4.69) is 10.4 Å². The zero-order valence-electron chi connectivity index (χ0n) is 17.7. The van der Waals surface area contributed by atoms with Crippen molar-refractivity contribution >= 4 is 24.1 Å². The van der Waals surface area contributed by atoms with Crippen LogP contribution in [-0.2, 0) is 4.79 Å². The van der Waals surface area contributed by atoms with E-state index in [1.165, 1.54) is 20.4 Å². The molecule has 1 saturated heterocycles. The van der Waals surface area contributed by atoms with Crippen molar-refractivity contribution in [3.05, 3.63) is 53.6 Å². The summed E-state index contributed by atoms with van der Waals surface area (Å²) in [5.74, 6) is 0.159. The summed E-state index contributed by atoms with van der Waals surface area (Å²) in [6, 6.07) is 10.7. The SMILES string of the molecule is CCC1(C)NC(=O)N(/N=C/c2ccc(OC(=O)c3ccc(OC)cc3)c(OC)c2)C1=O. The van der Waals surface area contributed by atoms with E-state index >= 15 is 0 Å². The molecule has 0 radical (unpaired) electrons. The van der Waals surface area contributed by atoms with Crippen molar-refractivity contribution in [3.63, 3.8) is 0 Å². The minimum atomic E-state index is -0.967. The highest BCUT2D eigenvalue weighted by molar-refractivity contribution is 6.07. The summed E-state index contributed by atoms with van der Waals surface area (Å²) in [6.07, 6.45) is 1.81. The molecule has 0 aliphatic carbocycles. The van der Waals surface area contributed by atoms with Gasteiger partial charge in [-0.05, 0) is 61.4 Å². The van der Waals surface area contributed by atoms with Gasteiger partial charge < -0.3 is 19.5 Å². The van der Waals surface area contributed by atoms with Gasteiger partial charge in [-0.25, -0.2) is 9.59 Å². The van der Waals surface area contributed by atoms with Crippen molar-refractivity contribution in [1.82, 2.24) is 10.3 Å². The molecule has 1 N–H and O–H groups in total. The summed E-state index contributed by atoms with van der Waals surface area (Å²) in [6.45, 7) is 3.46. The first-order valence-electron chi connectivity index (χ1n) is 9.56. The van der Waals surface area contributed by atoms with Gasteiger partial charge in [0.2, 0.25) is 0 Å². The van der Waals surface area contributed by atoms with Crippen LogP contribution in [0.25, 0.3) is 0 Å². The standard InChI is InChI=1S/C22H23N3O6/c1-5-22(2)20(27)25(21(28)24-22)23-13-14-6-11-17(18(12-14)30-4)31-19(26)15-7-9-16(29-3)10-8-15/h6-13H,5H2,1-4H3,(H,24,28)/b23-13+. The van der Waals surface area contributed by atoms with Crippen molar-refractivity contribution in [2.45, 2.75) is 25.8 Å². The summed E-state index contributed by atoms with van der Waals surface area (Å²) in [4.78, 5) is 36.8. The number of nitrogens with one attached hydrogen (secondary N) is 1. The van der Waals surface area contributed by atoms with Gasteiger partial charge in [0.1, 0.15) is 11.3 Å². The number of benzene rings is 2. The number of rotatable bonds is 7. The van der Waals surface area contributed by atoms with Crippen LogP contribution in [-0.4, -0.2) is 48.9 Å². The number of amides is 3. The van der Waals surface area contributed by atoms with Gasteiger partial charge in [-0.15, -0.1) is 5.01 Å². The van der Waals surface area contributed by atoms with E-state index < -0.39 is 23.4 Å². The minimum Gasteiger partial charge on any atom is -0.497 e. The number of hydrogen-bond donors (Lipinski definition) is 1. The molecule has 1 aliphatic heterocycles. The van der Waals surface area contributed by atoms with Gasteiger partial charge in [-0.3, -0.25) is 4.79 Å². The molecule has 2 aromatic rings. The molecule has 3 amide bonds. The lowest BCUT2D eigenvalue weighted by atomic mass is 10.00. The Hall–Kier alpha value is -3.88. The van der Waals surface area contributed by atoms with Crippen molar-refractivity contribution < 1.29 is 28.6 Å². The fraction of sp³-hybridized carbons (Fsp3) is 0.273. The molecule has 0 aromatic heterocycles. The molecule has 9 heteroatoms. The summed E-state index contributed by atoms with van der Waals surface area (Å²) in [7, 11) is 2.97. The predicted octanol–water partition coefficient (Wildman–Crippen LogP) is 2.98. The van der Waals surface area contributed by atoms with E-state index in [9.17, 15) is 14.4 Å².